The van der Waals surface area contributed by atoms with Crippen LogP contribution in [-0.2, 0) is 6.42 Å². The minimum atomic E-state index is -0.0866. The third kappa shape index (κ3) is 5.16. The van der Waals surface area contributed by atoms with Crippen LogP contribution in [0, 0.1) is 0 Å². The number of amides is 1. The Bertz CT molecular complexity index is 984. The fourth-order valence-corrected chi connectivity index (χ4v) is 4.20. The average Bonchev–Trinajstić information content (AvgIpc) is 3.21. The molecule has 30 heavy (non-hydrogen) atoms. The van der Waals surface area contributed by atoms with Crippen molar-refractivity contribution in [3.05, 3.63) is 65.5 Å². The van der Waals surface area contributed by atoms with E-state index in [0.717, 1.165) is 18.4 Å². The number of carbonyl (C=O) groups is 1. The molecule has 1 N–H and O–H groups in total. The molecule has 1 saturated carbocycles. The first kappa shape index (κ1) is 20.3. The third-order valence-electron chi connectivity index (χ3n) is 5.22. The highest BCUT2D eigenvalue weighted by Crippen LogP contribution is 2.33. The predicted octanol–water partition coefficient (Wildman–Crippen LogP) is 4.99. The molecule has 0 atom stereocenters. The number of benzene rings is 2. The molecule has 7 heteroatoms. The van der Waals surface area contributed by atoms with Gasteiger partial charge in [-0.05, 0) is 36.6 Å². The Morgan fingerprint density at radius 3 is 2.67 bits per heavy atom. The topological polar surface area (TPSA) is 73.3 Å². The predicted molar refractivity (Wildman–Crippen MR) is 117 cm³/mol. The summed E-state index contributed by atoms with van der Waals surface area (Å²) in [5.41, 5.74) is 1.69. The number of hydrogen-bond donors (Lipinski definition) is 1. The first-order valence-corrected chi connectivity index (χ1v) is 11.0. The number of methoxy groups -OCH3 is 1. The standard InChI is InChI=1S/C23H25N3O3S/c1-28-19-13-12-17(22(27)24-18-10-6-3-7-11-18)15-20(19)29-23-25-21(26-30-23)14-16-8-4-2-5-9-16/h2,4-5,8-9,12-13,15,18H,3,6-7,10-11,14H2,1H3,(H,24,27). The number of rotatable bonds is 7. The van der Waals surface area contributed by atoms with Crippen LogP contribution in [0.3, 0.4) is 0 Å². The minimum Gasteiger partial charge on any atom is -0.493 e. The van der Waals surface area contributed by atoms with Crippen LogP contribution in [0.2, 0.25) is 0 Å². The number of nitrogens with zero attached hydrogens (tertiary/aromatic N) is 2. The van der Waals surface area contributed by atoms with Crippen LogP contribution >= 0.6 is 11.5 Å². The Hall–Kier alpha value is -2.93. The summed E-state index contributed by atoms with van der Waals surface area (Å²) in [5.74, 6) is 1.61. The normalized spacial score (nSPS) is 14.3. The summed E-state index contributed by atoms with van der Waals surface area (Å²) in [6.45, 7) is 0. The fraction of sp³-hybridized carbons (Fsp3) is 0.348. The molecule has 3 aromatic rings. The molecule has 1 aliphatic rings. The van der Waals surface area contributed by atoms with E-state index in [1.807, 2.05) is 30.3 Å². The number of ether oxygens (including phenoxy) is 2. The van der Waals surface area contributed by atoms with Crippen molar-refractivity contribution in [3.63, 3.8) is 0 Å². The SMILES string of the molecule is COc1ccc(C(=O)NC2CCCCC2)cc1Oc1nc(Cc2ccccc2)ns1. The molecule has 0 radical (unpaired) electrons. The van der Waals surface area contributed by atoms with Crippen molar-refractivity contribution in [1.29, 1.82) is 0 Å². The molecule has 1 amide bonds. The highest BCUT2D eigenvalue weighted by Gasteiger charge is 2.19. The second-order valence-electron chi connectivity index (χ2n) is 7.41. The molecule has 0 saturated heterocycles. The molecule has 6 nitrogen and oxygen atoms in total. The second kappa shape index (κ2) is 9.71. The lowest BCUT2D eigenvalue weighted by Crippen LogP contribution is -2.36. The summed E-state index contributed by atoms with van der Waals surface area (Å²) in [4.78, 5) is 17.2. The Morgan fingerprint density at radius 1 is 1.10 bits per heavy atom. The molecular weight excluding hydrogens is 398 g/mol. The zero-order chi connectivity index (χ0) is 20.8. The van der Waals surface area contributed by atoms with E-state index in [1.165, 1.54) is 30.8 Å². The van der Waals surface area contributed by atoms with E-state index in [-0.39, 0.29) is 11.9 Å². The van der Waals surface area contributed by atoms with E-state index in [9.17, 15) is 4.79 Å². The number of nitrogens with one attached hydrogen (secondary N) is 1. The zero-order valence-corrected chi connectivity index (χ0v) is 17.8. The Kier molecular flexibility index (Phi) is 6.59. The van der Waals surface area contributed by atoms with E-state index in [1.54, 1.807) is 25.3 Å². The van der Waals surface area contributed by atoms with Crippen LogP contribution in [0.15, 0.2) is 48.5 Å². The molecule has 2 aromatic carbocycles. The van der Waals surface area contributed by atoms with Gasteiger partial charge in [0.2, 0.25) is 0 Å². The van der Waals surface area contributed by atoms with Gasteiger partial charge >= 0.3 is 0 Å². The molecular formula is C23H25N3O3S. The minimum absolute atomic E-state index is 0.0866. The largest absolute Gasteiger partial charge is 0.493 e. The molecule has 0 aliphatic heterocycles. The van der Waals surface area contributed by atoms with Crippen molar-refractivity contribution in [1.82, 2.24) is 14.7 Å². The molecule has 4 rings (SSSR count). The molecule has 1 heterocycles. The maximum Gasteiger partial charge on any atom is 0.298 e. The van der Waals surface area contributed by atoms with Crippen LogP contribution in [0.5, 0.6) is 16.7 Å². The smallest absolute Gasteiger partial charge is 0.298 e. The van der Waals surface area contributed by atoms with E-state index in [4.69, 9.17) is 9.47 Å². The maximum absolute atomic E-state index is 12.7. The van der Waals surface area contributed by atoms with E-state index in [2.05, 4.69) is 14.7 Å². The third-order valence-corrected chi connectivity index (χ3v) is 5.85. The molecule has 0 spiro atoms. The van der Waals surface area contributed by atoms with Gasteiger partial charge in [0.1, 0.15) is 0 Å². The molecule has 156 valence electrons. The van der Waals surface area contributed by atoms with Crippen LogP contribution in [-0.4, -0.2) is 28.4 Å². The van der Waals surface area contributed by atoms with Gasteiger partial charge in [-0.15, -0.1) is 0 Å². The van der Waals surface area contributed by atoms with E-state index < -0.39 is 0 Å². The van der Waals surface area contributed by atoms with Gasteiger partial charge in [0.25, 0.3) is 11.1 Å². The van der Waals surface area contributed by atoms with Gasteiger partial charge in [0, 0.05) is 29.6 Å². The van der Waals surface area contributed by atoms with Crippen molar-refractivity contribution in [2.24, 2.45) is 0 Å². The molecule has 0 unspecified atom stereocenters. The van der Waals surface area contributed by atoms with Gasteiger partial charge in [-0.3, -0.25) is 4.79 Å². The van der Waals surface area contributed by atoms with Gasteiger partial charge in [-0.2, -0.15) is 9.36 Å². The Balaban J connectivity index is 1.46. The van der Waals surface area contributed by atoms with Gasteiger partial charge in [-0.1, -0.05) is 49.6 Å². The highest BCUT2D eigenvalue weighted by atomic mass is 32.1. The fourth-order valence-electron chi connectivity index (χ4n) is 3.64. The summed E-state index contributed by atoms with van der Waals surface area (Å²) in [6, 6.07) is 15.5. The summed E-state index contributed by atoms with van der Waals surface area (Å²) < 4.78 is 15.7. The van der Waals surface area contributed by atoms with Crippen LogP contribution in [0.25, 0.3) is 0 Å². The monoisotopic (exact) mass is 423 g/mol. The molecule has 1 fully saturated rings. The maximum atomic E-state index is 12.7. The van der Waals surface area contributed by atoms with E-state index in [0.29, 0.717) is 34.5 Å². The highest BCUT2D eigenvalue weighted by molar-refractivity contribution is 7.07. The first-order valence-electron chi connectivity index (χ1n) is 10.2. The van der Waals surface area contributed by atoms with Crippen LogP contribution < -0.4 is 14.8 Å². The number of aromatic nitrogens is 2. The second-order valence-corrected chi connectivity index (χ2v) is 8.13. The lowest BCUT2D eigenvalue weighted by molar-refractivity contribution is 0.0927. The van der Waals surface area contributed by atoms with Gasteiger partial charge in [-0.25, -0.2) is 0 Å². The molecule has 1 aromatic heterocycles. The quantitative estimate of drug-likeness (QED) is 0.579. The number of carbonyl (C=O) groups excluding carboxylic acids is 1. The van der Waals surface area contributed by atoms with Crippen molar-refractivity contribution >= 4 is 17.4 Å². The van der Waals surface area contributed by atoms with E-state index >= 15 is 0 Å². The zero-order valence-electron chi connectivity index (χ0n) is 17.0. The van der Waals surface area contributed by atoms with Crippen molar-refractivity contribution in [2.75, 3.05) is 7.11 Å². The number of hydrogen-bond acceptors (Lipinski definition) is 6. The summed E-state index contributed by atoms with van der Waals surface area (Å²) >= 11 is 1.19. The van der Waals surface area contributed by atoms with Crippen molar-refractivity contribution in [2.45, 2.75) is 44.6 Å². The van der Waals surface area contributed by atoms with Crippen LogP contribution in [0.1, 0.15) is 53.8 Å². The molecule has 1 aliphatic carbocycles. The van der Waals surface area contributed by atoms with Crippen molar-refractivity contribution < 1.29 is 14.3 Å². The Labute approximate surface area is 180 Å². The molecule has 0 bridgehead atoms. The Morgan fingerprint density at radius 2 is 1.90 bits per heavy atom. The summed E-state index contributed by atoms with van der Waals surface area (Å²) in [5, 5.41) is 3.55. The van der Waals surface area contributed by atoms with Crippen molar-refractivity contribution in [3.8, 4) is 16.7 Å². The van der Waals surface area contributed by atoms with Crippen LogP contribution in [0.4, 0.5) is 0 Å². The average molecular weight is 424 g/mol. The van der Waals surface area contributed by atoms with Gasteiger partial charge in [0.15, 0.2) is 17.3 Å². The summed E-state index contributed by atoms with van der Waals surface area (Å²) in [6.07, 6.45) is 6.32. The first-order chi connectivity index (χ1) is 14.7. The van der Waals surface area contributed by atoms with Gasteiger partial charge < -0.3 is 14.8 Å². The lowest BCUT2D eigenvalue weighted by Gasteiger charge is -2.22. The van der Waals surface area contributed by atoms with Gasteiger partial charge in [0.05, 0.1) is 7.11 Å². The lowest BCUT2D eigenvalue weighted by atomic mass is 9.95. The summed E-state index contributed by atoms with van der Waals surface area (Å²) in [7, 11) is 1.57.